The zero-order valence-electron chi connectivity index (χ0n) is 17.6. The lowest BCUT2D eigenvalue weighted by atomic mass is 9.94. The number of rotatable bonds is 4. The van der Waals surface area contributed by atoms with E-state index in [0.717, 1.165) is 38.2 Å². The summed E-state index contributed by atoms with van der Waals surface area (Å²) >= 11 is 7.40. The van der Waals surface area contributed by atoms with Crippen LogP contribution >= 0.6 is 23.3 Å². The fraction of sp³-hybridized carbons (Fsp3) is 0.185. The van der Waals surface area contributed by atoms with Gasteiger partial charge in [-0.25, -0.2) is 0 Å². The van der Waals surface area contributed by atoms with Gasteiger partial charge < -0.3 is 0 Å². The molecule has 5 aromatic rings. The van der Waals surface area contributed by atoms with E-state index in [0.29, 0.717) is 5.15 Å². The summed E-state index contributed by atoms with van der Waals surface area (Å²) in [6, 6.07) is 24.5. The molecular weight excluding hydrogens is 434 g/mol. The van der Waals surface area contributed by atoms with Crippen LogP contribution in [0.25, 0.3) is 37.9 Å². The highest BCUT2D eigenvalue weighted by molar-refractivity contribution is 6.99. The molecule has 0 aliphatic carbocycles. The lowest BCUT2D eigenvalue weighted by Gasteiger charge is -2.26. The molecule has 1 aromatic heterocycles. The molecule has 1 aliphatic rings. The first-order chi connectivity index (χ1) is 15.8. The van der Waals surface area contributed by atoms with Crippen molar-refractivity contribution in [3.63, 3.8) is 0 Å². The first-order valence-corrected chi connectivity index (χ1v) is 12.1. The maximum Gasteiger partial charge on any atom is 0.170 e. The average Bonchev–Trinajstić information content (AvgIpc) is 3.28. The first kappa shape index (κ1) is 19.9. The van der Waals surface area contributed by atoms with Gasteiger partial charge in [0.25, 0.3) is 0 Å². The summed E-state index contributed by atoms with van der Waals surface area (Å²) in [5, 5.41) is 8.49. The van der Waals surface area contributed by atoms with Gasteiger partial charge in [0.2, 0.25) is 0 Å². The monoisotopic (exact) mass is 455 g/mol. The van der Waals surface area contributed by atoms with Crippen LogP contribution in [0.1, 0.15) is 17.7 Å². The molecule has 0 spiro atoms. The third-order valence-electron chi connectivity index (χ3n) is 6.55. The lowest BCUT2D eigenvalue weighted by Crippen LogP contribution is -2.31. The molecule has 0 fully saturated rings. The summed E-state index contributed by atoms with van der Waals surface area (Å²) < 4.78 is 8.51. The largest absolute Gasteiger partial charge is 0.298 e. The van der Waals surface area contributed by atoms with E-state index < -0.39 is 0 Å². The number of halogens is 1. The Morgan fingerprint density at radius 1 is 0.812 bits per heavy atom. The third kappa shape index (κ3) is 3.49. The molecule has 0 unspecified atom stereocenters. The summed E-state index contributed by atoms with van der Waals surface area (Å²) in [5.74, 6) is 0. The molecule has 6 rings (SSSR count). The highest BCUT2D eigenvalue weighted by Crippen LogP contribution is 2.33. The Hall–Kier alpha value is -2.79. The molecule has 1 aliphatic heterocycles. The van der Waals surface area contributed by atoms with Crippen LogP contribution in [0.2, 0.25) is 5.15 Å². The molecule has 5 heteroatoms. The van der Waals surface area contributed by atoms with E-state index in [2.05, 4.69) is 86.5 Å². The van der Waals surface area contributed by atoms with Crippen molar-refractivity contribution in [2.45, 2.75) is 12.8 Å². The average molecular weight is 456 g/mol. The van der Waals surface area contributed by atoms with Crippen molar-refractivity contribution in [2.75, 3.05) is 19.6 Å². The van der Waals surface area contributed by atoms with Gasteiger partial charge in [-0.1, -0.05) is 84.4 Å². The van der Waals surface area contributed by atoms with E-state index in [1.54, 1.807) is 0 Å². The molecular formula is C27H22ClN3S. The third-order valence-corrected chi connectivity index (χ3v) is 7.45. The second-order valence-corrected chi connectivity index (χ2v) is 9.29. The molecule has 0 atom stereocenters. The molecule has 0 N–H and O–H groups in total. The SMILES string of the molecule is Clc1nsnc1C1=CCCN(CCc2cccc3c2ccc2c4ccccc4ccc32)C1. The smallest absolute Gasteiger partial charge is 0.170 e. The Bertz CT molecular complexity index is 1490. The van der Waals surface area contributed by atoms with Gasteiger partial charge in [0, 0.05) is 19.6 Å². The molecule has 3 nitrogen and oxygen atoms in total. The van der Waals surface area contributed by atoms with Gasteiger partial charge in [-0.3, -0.25) is 4.90 Å². The molecule has 0 bridgehead atoms. The van der Waals surface area contributed by atoms with Crippen LogP contribution in [0.5, 0.6) is 0 Å². The molecule has 0 amide bonds. The van der Waals surface area contributed by atoms with E-state index >= 15 is 0 Å². The van der Waals surface area contributed by atoms with E-state index in [9.17, 15) is 0 Å². The topological polar surface area (TPSA) is 29.0 Å². The molecule has 158 valence electrons. The number of fused-ring (bicyclic) bond motifs is 5. The molecule has 4 aromatic carbocycles. The van der Waals surface area contributed by atoms with Crippen LogP contribution in [-0.2, 0) is 6.42 Å². The Morgan fingerprint density at radius 2 is 1.59 bits per heavy atom. The minimum absolute atomic E-state index is 0.525. The highest BCUT2D eigenvalue weighted by atomic mass is 35.5. The van der Waals surface area contributed by atoms with Crippen LogP contribution in [0, 0.1) is 0 Å². The Labute approximate surface area is 196 Å². The quantitative estimate of drug-likeness (QED) is 0.273. The van der Waals surface area contributed by atoms with E-state index in [1.807, 2.05) is 0 Å². The Balaban J connectivity index is 1.29. The van der Waals surface area contributed by atoms with Crippen molar-refractivity contribution >= 4 is 61.2 Å². The summed E-state index contributed by atoms with van der Waals surface area (Å²) in [4.78, 5) is 2.50. The summed E-state index contributed by atoms with van der Waals surface area (Å²) in [7, 11) is 0. The highest BCUT2D eigenvalue weighted by Gasteiger charge is 2.18. The summed E-state index contributed by atoms with van der Waals surface area (Å²) in [6.45, 7) is 2.96. The van der Waals surface area contributed by atoms with Crippen LogP contribution in [0.4, 0.5) is 0 Å². The molecule has 0 saturated heterocycles. The van der Waals surface area contributed by atoms with Gasteiger partial charge in [-0.15, -0.1) is 0 Å². The predicted molar refractivity (Wildman–Crippen MR) is 137 cm³/mol. The minimum atomic E-state index is 0.525. The predicted octanol–water partition coefficient (Wildman–Crippen LogP) is 6.98. The fourth-order valence-electron chi connectivity index (χ4n) is 4.96. The first-order valence-electron chi connectivity index (χ1n) is 11.0. The van der Waals surface area contributed by atoms with Crippen LogP contribution in [0.3, 0.4) is 0 Å². The fourth-order valence-corrected chi connectivity index (χ4v) is 5.75. The molecule has 32 heavy (non-hydrogen) atoms. The van der Waals surface area contributed by atoms with Crippen molar-refractivity contribution in [3.05, 3.63) is 89.2 Å². The summed E-state index contributed by atoms with van der Waals surface area (Å²) in [5.41, 5.74) is 3.46. The molecule has 2 heterocycles. The number of benzene rings is 4. The van der Waals surface area contributed by atoms with Crippen molar-refractivity contribution in [1.29, 1.82) is 0 Å². The van der Waals surface area contributed by atoms with Gasteiger partial charge in [0.15, 0.2) is 5.15 Å². The second-order valence-electron chi connectivity index (χ2n) is 8.41. The van der Waals surface area contributed by atoms with Crippen molar-refractivity contribution in [1.82, 2.24) is 13.6 Å². The number of nitrogens with zero attached hydrogens (tertiary/aromatic N) is 3. The maximum atomic E-state index is 6.22. The zero-order valence-corrected chi connectivity index (χ0v) is 19.2. The summed E-state index contributed by atoms with van der Waals surface area (Å²) in [6.07, 6.45) is 4.30. The standard InChI is InChI=1S/C27H22ClN3S/c28-27-26(29-32-30-27)20-7-4-15-31(17-20)16-14-19-6-3-9-23-22(19)12-13-24-21-8-2-1-5-18(21)10-11-25(23)24/h1-3,5-13H,4,14-17H2. The van der Waals surface area contributed by atoms with Gasteiger partial charge in [0.1, 0.15) is 5.69 Å². The molecule has 0 radical (unpaired) electrons. The van der Waals surface area contributed by atoms with Gasteiger partial charge in [-0.2, -0.15) is 8.75 Å². The Morgan fingerprint density at radius 3 is 2.50 bits per heavy atom. The zero-order chi connectivity index (χ0) is 21.5. The second kappa shape index (κ2) is 8.28. The van der Waals surface area contributed by atoms with Gasteiger partial charge >= 0.3 is 0 Å². The number of hydrogen-bond donors (Lipinski definition) is 0. The maximum absolute atomic E-state index is 6.22. The Kier molecular flexibility index (Phi) is 5.14. The van der Waals surface area contributed by atoms with E-state index in [1.165, 1.54) is 55.2 Å². The van der Waals surface area contributed by atoms with Crippen LogP contribution < -0.4 is 0 Å². The van der Waals surface area contributed by atoms with E-state index in [4.69, 9.17) is 11.6 Å². The number of hydrogen-bond acceptors (Lipinski definition) is 4. The van der Waals surface area contributed by atoms with E-state index in [-0.39, 0.29) is 0 Å². The van der Waals surface area contributed by atoms with Crippen molar-refractivity contribution in [3.8, 4) is 0 Å². The van der Waals surface area contributed by atoms with Crippen LogP contribution in [-0.4, -0.2) is 33.3 Å². The normalized spacial score (nSPS) is 15.0. The van der Waals surface area contributed by atoms with Gasteiger partial charge in [-0.05, 0) is 56.3 Å². The van der Waals surface area contributed by atoms with Crippen LogP contribution in [0.15, 0.2) is 72.8 Å². The van der Waals surface area contributed by atoms with Crippen molar-refractivity contribution < 1.29 is 0 Å². The minimum Gasteiger partial charge on any atom is -0.298 e. The van der Waals surface area contributed by atoms with Crippen molar-refractivity contribution in [2.24, 2.45) is 0 Å². The van der Waals surface area contributed by atoms with Gasteiger partial charge in [0.05, 0.1) is 11.7 Å². The number of aromatic nitrogens is 2. The lowest BCUT2D eigenvalue weighted by molar-refractivity contribution is 0.308. The molecule has 0 saturated carbocycles.